The third-order valence-electron chi connectivity index (χ3n) is 1.63. The number of halogens is 1. The van der Waals surface area contributed by atoms with Gasteiger partial charge in [0.05, 0.1) is 0 Å². The monoisotopic (exact) mass is 142 g/mol. The van der Waals surface area contributed by atoms with E-state index in [-0.39, 0.29) is 5.83 Å². The molecule has 1 atom stereocenters. The molecule has 0 saturated heterocycles. The first-order valence-corrected chi connectivity index (χ1v) is 3.56. The van der Waals surface area contributed by atoms with Crippen molar-refractivity contribution in [2.75, 3.05) is 0 Å². The van der Waals surface area contributed by atoms with Crippen LogP contribution in [-0.4, -0.2) is 0 Å². The molecule has 0 spiro atoms. The second kappa shape index (κ2) is 4.26. The highest BCUT2D eigenvalue weighted by atomic mass is 19.1. The van der Waals surface area contributed by atoms with Crippen molar-refractivity contribution in [3.05, 3.63) is 24.6 Å². The maximum atomic E-state index is 12.0. The highest BCUT2D eigenvalue weighted by molar-refractivity contribution is 5.07. The third kappa shape index (κ3) is 4.30. The predicted octanol–water partition coefficient (Wildman–Crippen LogP) is 3.32. The minimum atomic E-state index is -0.368. The minimum absolute atomic E-state index is 0.368. The summed E-state index contributed by atoms with van der Waals surface area (Å²) in [5.74, 6) is 0.621. The number of allylic oxidation sites excluding steroid dienone is 3. The van der Waals surface area contributed by atoms with Crippen LogP contribution >= 0.6 is 0 Å². The molecule has 0 rings (SSSR count). The van der Waals surface area contributed by atoms with E-state index >= 15 is 0 Å². The predicted molar refractivity (Wildman–Crippen MR) is 43.4 cm³/mol. The van der Waals surface area contributed by atoms with E-state index in [2.05, 4.69) is 27.4 Å². The van der Waals surface area contributed by atoms with Crippen molar-refractivity contribution in [1.29, 1.82) is 0 Å². The SMILES string of the molecule is C=C(F)C=CC(C)C(C)C. The van der Waals surface area contributed by atoms with Crippen LogP contribution in [0.2, 0.25) is 0 Å². The van der Waals surface area contributed by atoms with E-state index in [1.165, 1.54) is 6.08 Å². The van der Waals surface area contributed by atoms with Gasteiger partial charge in [-0.05, 0) is 17.9 Å². The van der Waals surface area contributed by atoms with Gasteiger partial charge >= 0.3 is 0 Å². The molecule has 0 aliphatic rings. The topological polar surface area (TPSA) is 0 Å². The van der Waals surface area contributed by atoms with E-state index in [0.29, 0.717) is 11.8 Å². The Balaban J connectivity index is 3.77. The molecule has 0 nitrogen and oxygen atoms in total. The molecule has 0 aromatic heterocycles. The molecule has 0 aromatic carbocycles. The van der Waals surface area contributed by atoms with E-state index < -0.39 is 0 Å². The van der Waals surface area contributed by atoms with E-state index in [9.17, 15) is 4.39 Å². The van der Waals surface area contributed by atoms with Gasteiger partial charge in [-0.3, -0.25) is 0 Å². The molecule has 0 heterocycles. The Bertz CT molecular complexity index is 134. The van der Waals surface area contributed by atoms with Crippen molar-refractivity contribution < 1.29 is 4.39 Å². The number of hydrogen-bond donors (Lipinski definition) is 0. The molecular weight excluding hydrogens is 127 g/mol. The zero-order valence-corrected chi connectivity index (χ0v) is 6.89. The Labute approximate surface area is 62.4 Å². The van der Waals surface area contributed by atoms with Gasteiger partial charge in [0.1, 0.15) is 5.83 Å². The summed E-state index contributed by atoms with van der Waals surface area (Å²) in [5.41, 5.74) is 0. The van der Waals surface area contributed by atoms with Crippen LogP contribution in [0.4, 0.5) is 4.39 Å². The van der Waals surface area contributed by atoms with Crippen LogP contribution in [0.3, 0.4) is 0 Å². The van der Waals surface area contributed by atoms with Crippen LogP contribution in [0.15, 0.2) is 24.6 Å². The van der Waals surface area contributed by atoms with Gasteiger partial charge < -0.3 is 0 Å². The van der Waals surface area contributed by atoms with Crippen molar-refractivity contribution in [3.63, 3.8) is 0 Å². The van der Waals surface area contributed by atoms with E-state index in [4.69, 9.17) is 0 Å². The maximum Gasteiger partial charge on any atom is 0.115 e. The Morgan fingerprint density at radius 2 is 1.90 bits per heavy atom. The quantitative estimate of drug-likeness (QED) is 0.530. The molecule has 0 N–H and O–H groups in total. The first-order chi connectivity index (χ1) is 4.54. The number of rotatable bonds is 3. The fourth-order valence-corrected chi connectivity index (χ4v) is 0.478. The molecule has 0 aliphatic heterocycles. The third-order valence-corrected chi connectivity index (χ3v) is 1.63. The van der Waals surface area contributed by atoms with Gasteiger partial charge in [-0.25, -0.2) is 4.39 Å². The average Bonchev–Trinajstić information content (AvgIpc) is 1.82. The van der Waals surface area contributed by atoms with Crippen LogP contribution in [0.25, 0.3) is 0 Å². The summed E-state index contributed by atoms with van der Waals surface area (Å²) in [7, 11) is 0. The minimum Gasteiger partial charge on any atom is -0.208 e. The highest BCUT2D eigenvalue weighted by Gasteiger charge is 2.00. The van der Waals surface area contributed by atoms with Crippen LogP contribution < -0.4 is 0 Å². The van der Waals surface area contributed by atoms with Gasteiger partial charge in [-0.2, -0.15) is 0 Å². The van der Waals surface area contributed by atoms with Gasteiger partial charge in [-0.15, -0.1) is 0 Å². The summed E-state index contributed by atoms with van der Waals surface area (Å²) in [6.45, 7) is 9.41. The molecule has 0 fully saturated rings. The second-order valence-electron chi connectivity index (χ2n) is 2.91. The van der Waals surface area contributed by atoms with Crippen molar-refractivity contribution in [2.24, 2.45) is 11.8 Å². The van der Waals surface area contributed by atoms with E-state index in [1.54, 1.807) is 0 Å². The summed E-state index contributed by atoms with van der Waals surface area (Å²) in [6.07, 6.45) is 3.26. The lowest BCUT2D eigenvalue weighted by Gasteiger charge is -2.08. The van der Waals surface area contributed by atoms with Gasteiger partial charge in [0.25, 0.3) is 0 Å². The van der Waals surface area contributed by atoms with Crippen molar-refractivity contribution in [3.8, 4) is 0 Å². The van der Waals surface area contributed by atoms with E-state index in [1.807, 2.05) is 6.08 Å². The Morgan fingerprint density at radius 1 is 1.40 bits per heavy atom. The lowest BCUT2D eigenvalue weighted by Crippen LogP contribution is -1.98. The summed E-state index contributed by atoms with van der Waals surface area (Å²) < 4.78 is 12.0. The van der Waals surface area contributed by atoms with Crippen LogP contribution in [0.1, 0.15) is 20.8 Å². The standard InChI is InChI=1S/C9H15F/c1-7(2)8(3)5-6-9(4)10/h5-8H,4H2,1-3H3. The van der Waals surface area contributed by atoms with Crippen LogP contribution in [0.5, 0.6) is 0 Å². The molecule has 0 bridgehead atoms. The zero-order valence-electron chi connectivity index (χ0n) is 6.89. The fourth-order valence-electron chi connectivity index (χ4n) is 0.478. The lowest BCUT2D eigenvalue weighted by atomic mass is 9.98. The van der Waals surface area contributed by atoms with Crippen LogP contribution in [-0.2, 0) is 0 Å². The molecule has 0 amide bonds. The first-order valence-electron chi connectivity index (χ1n) is 3.56. The zero-order chi connectivity index (χ0) is 8.15. The van der Waals surface area contributed by atoms with Crippen molar-refractivity contribution >= 4 is 0 Å². The Hall–Kier alpha value is -0.590. The highest BCUT2D eigenvalue weighted by Crippen LogP contribution is 2.11. The second-order valence-corrected chi connectivity index (χ2v) is 2.91. The average molecular weight is 142 g/mol. The smallest absolute Gasteiger partial charge is 0.115 e. The molecule has 0 aliphatic carbocycles. The van der Waals surface area contributed by atoms with Crippen molar-refractivity contribution in [2.45, 2.75) is 20.8 Å². The van der Waals surface area contributed by atoms with Gasteiger partial charge in [0.15, 0.2) is 0 Å². The van der Waals surface area contributed by atoms with Crippen molar-refractivity contribution in [1.82, 2.24) is 0 Å². The summed E-state index contributed by atoms with van der Waals surface area (Å²) in [4.78, 5) is 0. The molecule has 10 heavy (non-hydrogen) atoms. The lowest BCUT2D eigenvalue weighted by molar-refractivity contribution is 0.502. The Morgan fingerprint density at radius 3 is 2.20 bits per heavy atom. The largest absolute Gasteiger partial charge is 0.208 e. The molecule has 1 unspecified atom stereocenters. The maximum absolute atomic E-state index is 12.0. The first kappa shape index (κ1) is 9.41. The summed E-state index contributed by atoms with van der Waals surface area (Å²) in [5, 5.41) is 0. The molecule has 1 heteroatoms. The van der Waals surface area contributed by atoms with Gasteiger partial charge in [0.2, 0.25) is 0 Å². The fraction of sp³-hybridized carbons (Fsp3) is 0.556. The number of hydrogen-bond acceptors (Lipinski definition) is 0. The normalized spacial score (nSPS) is 14.5. The molecule has 58 valence electrons. The molecule has 0 aromatic rings. The van der Waals surface area contributed by atoms with Crippen LogP contribution in [0, 0.1) is 11.8 Å². The van der Waals surface area contributed by atoms with E-state index in [0.717, 1.165) is 0 Å². The van der Waals surface area contributed by atoms with Gasteiger partial charge in [-0.1, -0.05) is 33.4 Å². The molecule has 0 saturated carbocycles. The summed E-state index contributed by atoms with van der Waals surface area (Å²) in [6, 6.07) is 0. The summed E-state index contributed by atoms with van der Waals surface area (Å²) >= 11 is 0. The molecular formula is C9H15F. The molecule has 0 radical (unpaired) electrons. The van der Waals surface area contributed by atoms with Gasteiger partial charge in [0, 0.05) is 0 Å². The Kier molecular flexibility index (Phi) is 4.01.